The molecule has 204 valence electrons. The van der Waals surface area contributed by atoms with Crippen molar-refractivity contribution in [2.24, 2.45) is 5.92 Å². The Morgan fingerprint density at radius 2 is 1.76 bits per heavy atom. The van der Waals surface area contributed by atoms with Gasteiger partial charge in [-0.3, -0.25) is 9.59 Å². The number of fused-ring (bicyclic) bond motifs is 1. The lowest BCUT2D eigenvalue weighted by atomic mass is 9.88. The van der Waals surface area contributed by atoms with Crippen molar-refractivity contribution in [1.82, 2.24) is 9.80 Å². The quantitative estimate of drug-likeness (QED) is 0.530. The van der Waals surface area contributed by atoms with Crippen LogP contribution in [0.3, 0.4) is 0 Å². The fraction of sp³-hybridized carbons (Fsp3) is 0.464. The van der Waals surface area contributed by atoms with Crippen LogP contribution in [0.15, 0.2) is 30.3 Å². The molecule has 0 spiro atoms. The van der Waals surface area contributed by atoms with Gasteiger partial charge in [0.2, 0.25) is 0 Å². The van der Waals surface area contributed by atoms with Crippen LogP contribution in [0.5, 0.6) is 5.75 Å². The minimum atomic E-state index is -2.28. The smallest absolute Gasteiger partial charge is 0.320 e. The number of hydrogen-bond acceptors (Lipinski definition) is 4. The molecule has 1 fully saturated rings. The molecule has 0 aliphatic carbocycles. The molecule has 38 heavy (non-hydrogen) atoms. The van der Waals surface area contributed by atoms with Crippen molar-refractivity contribution in [3.8, 4) is 5.75 Å². The number of ketones is 1. The van der Waals surface area contributed by atoms with Gasteiger partial charge in [-0.1, -0.05) is 25.7 Å². The number of carbonyl (C=O) groups excluding carboxylic acids is 2. The summed E-state index contributed by atoms with van der Waals surface area (Å²) < 4.78 is 35.4. The highest BCUT2D eigenvalue weighted by Gasteiger charge is 2.40. The molecule has 0 aromatic heterocycles. The molecule has 1 unspecified atom stereocenters. The molecule has 2 aromatic rings. The monoisotopic (exact) mass is 544 g/mol. The fourth-order valence-electron chi connectivity index (χ4n) is 5.47. The fourth-order valence-corrected chi connectivity index (χ4v) is 7.05. The molecule has 0 saturated carbocycles. The van der Waals surface area contributed by atoms with Gasteiger partial charge < -0.3 is 19.6 Å². The molecule has 2 aliphatic rings. The Morgan fingerprint density at radius 1 is 1.08 bits per heavy atom. The number of Topliss-reactive ketones (excluding diaryl/α,β-unsaturated/α-hetero) is 1. The van der Waals surface area contributed by atoms with Gasteiger partial charge in [0.1, 0.15) is 23.4 Å². The van der Waals surface area contributed by atoms with E-state index >= 15 is 0 Å². The van der Waals surface area contributed by atoms with E-state index in [2.05, 4.69) is 0 Å². The Kier molecular flexibility index (Phi) is 7.92. The Hall–Kier alpha value is -3.27. The number of ether oxygens (including phenoxy) is 1. The summed E-state index contributed by atoms with van der Waals surface area (Å²) in [6.45, 7) is 8.54. The number of benzene rings is 2. The third kappa shape index (κ3) is 5.60. The van der Waals surface area contributed by atoms with Crippen molar-refractivity contribution in [3.05, 3.63) is 58.7 Å². The summed E-state index contributed by atoms with van der Waals surface area (Å²) in [7, 11) is -2.28. The number of likely N-dealkylation sites (tertiary alicyclic amines) is 1. The van der Waals surface area contributed by atoms with E-state index in [1.54, 1.807) is 12.1 Å². The minimum absolute atomic E-state index is 0.0797. The SMILES string of the molecule is CCOc1ccc2c(c1)CCN(C(=O)N1CCC(C(=O)O)C1)[C@H]2C(=O)Cc1cc(F)c([Si](C)(C)C)c(F)c1. The van der Waals surface area contributed by atoms with Crippen molar-refractivity contribution in [2.45, 2.75) is 51.9 Å². The van der Waals surface area contributed by atoms with Crippen LogP contribution in [-0.2, 0) is 22.4 Å². The van der Waals surface area contributed by atoms with Crippen molar-refractivity contribution in [1.29, 1.82) is 0 Å². The zero-order chi connectivity index (χ0) is 27.8. The van der Waals surface area contributed by atoms with E-state index in [9.17, 15) is 28.3 Å². The van der Waals surface area contributed by atoms with E-state index in [1.165, 1.54) is 21.9 Å². The summed E-state index contributed by atoms with van der Waals surface area (Å²) in [4.78, 5) is 41.7. The lowest BCUT2D eigenvalue weighted by molar-refractivity contribution is -0.141. The molecule has 0 bridgehead atoms. The van der Waals surface area contributed by atoms with Gasteiger partial charge in [-0.05, 0) is 60.7 Å². The molecular formula is C28H34F2N2O5Si. The van der Waals surface area contributed by atoms with Gasteiger partial charge in [0.15, 0.2) is 5.78 Å². The van der Waals surface area contributed by atoms with Crippen LogP contribution >= 0.6 is 0 Å². The number of carboxylic acids is 1. The van der Waals surface area contributed by atoms with Crippen LogP contribution in [-0.4, -0.2) is 67.0 Å². The first-order valence-corrected chi connectivity index (χ1v) is 16.5. The summed E-state index contributed by atoms with van der Waals surface area (Å²) in [5.41, 5.74) is 1.73. The lowest BCUT2D eigenvalue weighted by Crippen LogP contribution is -2.49. The zero-order valence-corrected chi connectivity index (χ0v) is 23.2. The largest absolute Gasteiger partial charge is 0.494 e. The molecule has 4 rings (SSSR count). The predicted octanol–water partition coefficient (Wildman–Crippen LogP) is 4.15. The Bertz CT molecular complexity index is 1240. The third-order valence-electron chi connectivity index (χ3n) is 7.24. The second-order valence-electron chi connectivity index (χ2n) is 11.0. The highest BCUT2D eigenvalue weighted by molar-refractivity contribution is 6.88. The van der Waals surface area contributed by atoms with Gasteiger partial charge in [-0.25, -0.2) is 13.6 Å². The van der Waals surface area contributed by atoms with Crippen LogP contribution in [0, 0.1) is 17.6 Å². The Morgan fingerprint density at radius 3 is 2.34 bits per heavy atom. The highest BCUT2D eigenvalue weighted by Crippen LogP contribution is 2.35. The van der Waals surface area contributed by atoms with Crippen LogP contribution < -0.4 is 9.92 Å². The third-order valence-corrected chi connectivity index (χ3v) is 9.22. The van der Waals surface area contributed by atoms with Crippen molar-refractivity contribution in [3.63, 3.8) is 0 Å². The van der Waals surface area contributed by atoms with Crippen LogP contribution in [0.2, 0.25) is 19.6 Å². The molecule has 10 heteroatoms. The average Bonchev–Trinajstić information content (AvgIpc) is 3.32. The number of hydrogen-bond donors (Lipinski definition) is 1. The maximum Gasteiger partial charge on any atom is 0.320 e. The molecule has 2 aromatic carbocycles. The number of amides is 2. The summed E-state index contributed by atoms with van der Waals surface area (Å²) in [5, 5.41) is 9.46. The summed E-state index contributed by atoms with van der Waals surface area (Å²) in [6.07, 6.45) is 0.596. The van der Waals surface area contributed by atoms with Gasteiger partial charge in [-0.15, -0.1) is 0 Å². The second-order valence-corrected chi connectivity index (χ2v) is 16.0. The number of carbonyl (C=O) groups is 3. The first-order valence-electron chi connectivity index (χ1n) is 13.0. The number of aliphatic carboxylic acids is 1. The molecule has 0 radical (unpaired) electrons. The molecule has 1 N–H and O–H groups in total. The first-order chi connectivity index (χ1) is 17.9. The van der Waals surface area contributed by atoms with Crippen molar-refractivity contribution >= 4 is 31.0 Å². The average molecular weight is 545 g/mol. The van der Waals surface area contributed by atoms with Gasteiger partial charge in [0, 0.05) is 31.2 Å². The number of carboxylic acid groups (broad SMARTS) is 1. The Balaban J connectivity index is 1.67. The number of nitrogens with zero attached hydrogens (tertiary/aromatic N) is 2. The molecule has 1 saturated heterocycles. The predicted molar refractivity (Wildman–Crippen MR) is 142 cm³/mol. The summed E-state index contributed by atoms with van der Waals surface area (Å²) in [5.74, 6) is -2.60. The van der Waals surface area contributed by atoms with E-state index in [1.807, 2.05) is 32.6 Å². The number of halogens is 2. The minimum Gasteiger partial charge on any atom is -0.494 e. The zero-order valence-electron chi connectivity index (χ0n) is 22.2. The van der Waals surface area contributed by atoms with E-state index in [4.69, 9.17) is 4.74 Å². The normalized spacial score (nSPS) is 19.3. The second kappa shape index (κ2) is 10.8. The van der Waals surface area contributed by atoms with Gasteiger partial charge in [-0.2, -0.15) is 0 Å². The molecular weight excluding hydrogens is 510 g/mol. The van der Waals surface area contributed by atoms with E-state index in [-0.39, 0.29) is 42.6 Å². The van der Waals surface area contributed by atoms with E-state index in [0.29, 0.717) is 30.8 Å². The Labute approximate surface area is 222 Å². The van der Waals surface area contributed by atoms with Crippen LogP contribution in [0.1, 0.15) is 36.1 Å². The maximum absolute atomic E-state index is 14.9. The standard InChI is InChI=1S/C28H34F2N2O5Si/c1-5-37-20-6-7-21-18(15-20)9-11-32(28(36)31-10-8-19(16-31)27(34)35)25(21)24(33)14-17-12-22(29)26(23(30)13-17)38(2,3)4/h6-7,12-13,15,19,25H,5,8-11,14,16H2,1-4H3,(H,34,35)/t19?,25-/m1/s1. The topological polar surface area (TPSA) is 87.2 Å². The van der Waals surface area contributed by atoms with E-state index in [0.717, 1.165) is 5.56 Å². The van der Waals surface area contributed by atoms with Gasteiger partial charge in [0.25, 0.3) is 0 Å². The molecule has 2 amide bonds. The number of rotatable bonds is 7. The van der Waals surface area contributed by atoms with Gasteiger partial charge >= 0.3 is 12.0 Å². The van der Waals surface area contributed by atoms with Crippen molar-refractivity contribution < 1.29 is 33.0 Å². The van der Waals surface area contributed by atoms with Crippen molar-refractivity contribution in [2.75, 3.05) is 26.2 Å². The van der Waals surface area contributed by atoms with E-state index < -0.39 is 43.7 Å². The lowest BCUT2D eigenvalue weighted by Gasteiger charge is -2.38. The molecule has 2 aliphatic heterocycles. The van der Waals surface area contributed by atoms with Crippen LogP contribution in [0.25, 0.3) is 0 Å². The molecule has 2 atom stereocenters. The number of urea groups is 1. The maximum atomic E-state index is 14.9. The first kappa shape index (κ1) is 27.8. The molecule has 7 nitrogen and oxygen atoms in total. The van der Waals surface area contributed by atoms with Gasteiger partial charge in [0.05, 0.1) is 20.6 Å². The highest BCUT2D eigenvalue weighted by atomic mass is 28.3. The summed E-state index contributed by atoms with van der Waals surface area (Å²) in [6, 6.07) is 6.45. The van der Waals surface area contributed by atoms with Crippen LogP contribution in [0.4, 0.5) is 13.6 Å². The molecule has 2 heterocycles. The summed E-state index contributed by atoms with van der Waals surface area (Å²) >= 11 is 0.